The standard InChI is InChI=1S/C13H17NO7/c1-19-8-4-6(12(21-3)11(17)10(8)16)14-9(20-2)5-7(15)13(14)18/h4,7,9,15-17H,5H2,1-3H3. The quantitative estimate of drug-likeness (QED) is 0.681. The van der Waals surface area contributed by atoms with Crippen molar-refractivity contribution in [1.82, 2.24) is 0 Å². The maximum atomic E-state index is 12.1. The highest BCUT2D eigenvalue weighted by Gasteiger charge is 2.42. The van der Waals surface area contributed by atoms with Gasteiger partial charge in [0.15, 0.2) is 11.5 Å². The number of anilines is 1. The van der Waals surface area contributed by atoms with Crippen molar-refractivity contribution in [3.05, 3.63) is 6.07 Å². The van der Waals surface area contributed by atoms with Crippen LogP contribution in [-0.2, 0) is 9.53 Å². The highest BCUT2D eigenvalue weighted by molar-refractivity contribution is 6.01. The summed E-state index contributed by atoms with van der Waals surface area (Å²) in [5.74, 6) is -1.80. The summed E-state index contributed by atoms with van der Waals surface area (Å²) in [7, 11) is 3.98. The van der Waals surface area contributed by atoms with Gasteiger partial charge in [0.25, 0.3) is 5.91 Å². The van der Waals surface area contributed by atoms with Gasteiger partial charge in [-0.05, 0) is 0 Å². The van der Waals surface area contributed by atoms with Crippen LogP contribution >= 0.6 is 0 Å². The van der Waals surface area contributed by atoms with E-state index in [0.29, 0.717) is 0 Å². The first-order valence-corrected chi connectivity index (χ1v) is 6.17. The van der Waals surface area contributed by atoms with Crippen LogP contribution in [0.25, 0.3) is 0 Å². The van der Waals surface area contributed by atoms with Crippen LogP contribution in [0.4, 0.5) is 5.69 Å². The van der Waals surface area contributed by atoms with Crippen molar-refractivity contribution in [2.24, 2.45) is 0 Å². The van der Waals surface area contributed by atoms with E-state index in [4.69, 9.17) is 14.2 Å². The van der Waals surface area contributed by atoms with Gasteiger partial charge in [0.2, 0.25) is 11.5 Å². The average Bonchev–Trinajstić information content (AvgIpc) is 2.77. The Kier molecular flexibility index (Phi) is 4.10. The number of nitrogens with zero attached hydrogens (tertiary/aromatic N) is 1. The van der Waals surface area contributed by atoms with Gasteiger partial charge < -0.3 is 29.5 Å². The van der Waals surface area contributed by atoms with Gasteiger partial charge in [0.05, 0.1) is 19.9 Å². The van der Waals surface area contributed by atoms with Crippen LogP contribution in [0.5, 0.6) is 23.0 Å². The zero-order chi connectivity index (χ0) is 15.7. The molecule has 0 bridgehead atoms. The molecular formula is C13H17NO7. The predicted molar refractivity (Wildman–Crippen MR) is 71.8 cm³/mol. The largest absolute Gasteiger partial charge is 0.502 e. The molecule has 0 aromatic heterocycles. The number of phenols is 2. The summed E-state index contributed by atoms with van der Waals surface area (Å²) in [6.07, 6.45) is -1.83. The molecule has 0 radical (unpaired) electrons. The van der Waals surface area contributed by atoms with Crippen LogP contribution in [0, 0.1) is 0 Å². The third kappa shape index (κ3) is 2.32. The Balaban J connectivity index is 2.61. The predicted octanol–water partition coefficient (Wildman–Crippen LogP) is 0.185. The van der Waals surface area contributed by atoms with Crippen molar-refractivity contribution in [2.45, 2.75) is 18.8 Å². The molecule has 1 fully saturated rings. The lowest BCUT2D eigenvalue weighted by atomic mass is 10.2. The van der Waals surface area contributed by atoms with Crippen molar-refractivity contribution in [1.29, 1.82) is 0 Å². The van der Waals surface area contributed by atoms with Gasteiger partial charge in [-0.15, -0.1) is 0 Å². The molecule has 1 saturated heterocycles. The molecule has 116 valence electrons. The van der Waals surface area contributed by atoms with Crippen molar-refractivity contribution < 1.29 is 34.3 Å². The second kappa shape index (κ2) is 5.66. The fourth-order valence-corrected chi connectivity index (χ4v) is 2.31. The third-order valence-electron chi connectivity index (χ3n) is 3.36. The van der Waals surface area contributed by atoms with E-state index in [-0.39, 0.29) is 23.6 Å². The minimum atomic E-state index is -1.21. The first-order chi connectivity index (χ1) is 9.96. The summed E-state index contributed by atoms with van der Waals surface area (Å²) in [6, 6.07) is 1.33. The van der Waals surface area contributed by atoms with Crippen molar-refractivity contribution in [3.63, 3.8) is 0 Å². The van der Waals surface area contributed by atoms with E-state index in [1.807, 2.05) is 0 Å². The number of methoxy groups -OCH3 is 3. The number of aliphatic hydroxyl groups excluding tert-OH is 1. The molecule has 2 atom stereocenters. The van der Waals surface area contributed by atoms with Crippen LogP contribution in [-0.4, -0.2) is 54.9 Å². The van der Waals surface area contributed by atoms with Gasteiger partial charge in [-0.25, -0.2) is 0 Å². The molecule has 1 amide bonds. The van der Waals surface area contributed by atoms with Crippen molar-refractivity contribution >= 4 is 11.6 Å². The first-order valence-electron chi connectivity index (χ1n) is 6.17. The summed E-state index contributed by atoms with van der Waals surface area (Å²) >= 11 is 0. The number of hydrogen-bond donors (Lipinski definition) is 3. The minimum absolute atomic E-state index is 0.0349. The molecule has 0 spiro atoms. The van der Waals surface area contributed by atoms with Gasteiger partial charge in [0.1, 0.15) is 12.3 Å². The first kappa shape index (κ1) is 15.2. The second-order valence-electron chi connectivity index (χ2n) is 4.48. The molecule has 1 heterocycles. The Morgan fingerprint density at radius 1 is 1.19 bits per heavy atom. The summed E-state index contributed by atoms with van der Waals surface area (Å²) in [5.41, 5.74) is 0.137. The van der Waals surface area contributed by atoms with Gasteiger partial charge in [-0.2, -0.15) is 0 Å². The van der Waals surface area contributed by atoms with Gasteiger partial charge >= 0.3 is 0 Å². The Morgan fingerprint density at radius 2 is 1.86 bits per heavy atom. The molecule has 1 aliphatic heterocycles. The molecule has 1 aromatic rings. The third-order valence-corrected chi connectivity index (χ3v) is 3.36. The number of rotatable bonds is 4. The molecule has 0 aliphatic carbocycles. The van der Waals surface area contributed by atoms with E-state index in [2.05, 4.69) is 0 Å². The Labute approximate surface area is 121 Å². The highest BCUT2D eigenvalue weighted by Crippen LogP contribution is 2.50. The summed E-state index contributed by atoms with van der Waals surface area (Å²) < 4.78 is 15.2. The molecule has 1 aromatic carbocycles. The lowest BCUT2D eigenvalue weighted by Gasteiger charge is -2.26. The molecule has 2 rings (SSSR count). The summed E-state index contributed by atoms with van der Waals surface area (Å²) in [4.78, 5) is 13.3. The van der Waals surface area contributed by atoms with Crippen LogP contribution in [0.1, 0.15) is 6.42 Å². The fourth-order valence-electron chi connectivity index (χ4n) is 2.31. The zero-order valence-corrected chi connectivity index (χ0v) is 11.9. The van der Waals surface area contributed by atoms with E-state index in [9.17, 15) is 20.1 Å². The molecule has 2 unspecified atom stereocenters. The van der Waals surface area contributed by atoms with E-state index in [1.165, 1.54) is 27.4 Å². The summed E-state index contributed by atoms with van der Waals surface area (Å²) in [6.45, 7) is 0. The Hall–Kier alpha value is -2.19. The van der Waals surface area contributed by atoms with Crippen LogP contribution in [0.15, 0.2) is 6.07 Å². The van der Waals surface area contributed by atoms with E-state index in [0.717, 1.165) is 4.90 Å². The Bertz CT molecular complexity index is 560. The number of hydrogen-bond acceptors (Lipinski definition) is 7. The average molecular weight is 299 g/mol. The number of aromatic hydroxyl groups is 2. The monoisotopic (exact) mass is 299 g/mol. The van der Waals surface area contributed by atoms with Gasteiger partial charge in [-0.1, -0.05) is 0 Å². The maximum absolute atomic E-state index is 12.1. The van der Waals surface area contributed by atoms with Gasteiger partial charge in [0, 0.05) is 19.6 Å². The zero-order valence-electron chi connectivity index (χ0n) is 11.9. The molecule has 0 saturated carbocycles. The highest BCUT2D eigenvalue weighted by atomic mass is 16.5. The van der Waals surface area contributed by atoms with Crippen LogP contribution in [0.2, 0.25) is 0 Å². The number of benzene rings is 1. The number of carbonyl (C=O) groups excluding carboxylic acids is 1. The number of amides is 1. The fraction of sp³-hybridized carbons (Fsp3) is 0.462. The van der Waals surface area contributed by atoms with Crippen LogP contribution < -0.4 is 14.4 Å². The molecule has 8 nitrogen and oxygen atoms in total. The molecule has 21 heavy (non-hydrogen) atoms. The SMILES string of the molecule is COc1cc(N2C(=O)C(O)CC2OC)c(OC)c(O)c1O. The topological polar surface area (TPSA) is 109 Å². The summed E-state index contributed by atoms with van der Waals surface area (Å²) in [5, 5.41) is 29.4. The van der Waals surface area contributed by atoms with E-state index in [1.54, 1.807) is 0 Å². The molecular weight excluding hydrogens is 282 g/mol. The van der Waals surface area contributed by atoms with E-state index < -0.39 is 29.7 Å². The smallest absolute Gasteiger partial charge is 0.258 e. The number of aliphatic hydroxyl groups is 1. The normalized spacial score (nSPS) is 21.7. The molecule has 8 heteroatoms. The maximum Gasteiger partial charge on any atom is 0.258 e. The minimum Gasteiger partial charge on any atom is -0.502 e. The van der Waals surface area contributed by atoms with Crippen LogP contribution in [0.3, 0.4) is 0 Å². The molecule has 3 N–H and O–H groups in total. The number of phenolic OH excluding ortho intramolecular Hbond substituents is 2. The second-order valence-corrected chi connectivity index (χ2v) is 4.48. The molecule has 1 aliphatic rings. The van der Waals surface area contributed by atoms with Gasteiger partial charge in [-0.3, -0.25) is 9.69 Å². The van der Waals surface area contributed by atoms with E-state index >= 15 is 0 Å². The number of carbonyl (C=O) groups is 1. The Morgan fingerprint density at radius 3 is 2.38 bits per heavy atom. The van der Waals surface area contributed by atoms with Crippen molar-refractivity contribution in [3.8, 4) is 23.0 Å². The lowest BCUT2D eigenvalue weighted by molar-refractivity contribution is -0.124. The van der Waals surface area contributed by atoms with Crippen molar-refractivity contribution in [2.75, 3.05) is 26.2 Å². The lowest BCUT2D eigenvalue weighted by Crippen LogP contribution is -2.36. The number of ether oxygens (including phenoxy) is 3.